The lowest BCUT2D eigenvalue weighted by molar-refractivity contribution is 0.219. The molecule has 5 nitrogen and oxygen atoms in total. The van der Waals surface area contributed by atoms with Gasteiger partial charge in [-0.25, -0.2) is 12.8 Å². The molecule has 0 amide bonds. The summed E-state index contributed by atoms with van der Waals surface area (Å²) in [4.78, 5) is -0.138. The molecule has 0 aliphatic rings. The number of aliphatic hydroxyl groups excluding tert-OH is 1. The Labute approximate surface area is 125 Å². The largest absolute Gasteiger partial charge is 0.494 e. The third-order valence-electron chi connectivity index (χ3n) is 3.40. The van der Waals surface area contributed by atoms with E-state index in [4.69, 9.17) is 9.84 Å². The maximum Gasteiger partial charge on any atom is 0.243 e. The summed E-state index contributed by atoms with van der Waals surface area (Å²) in [6.45, 7) is 3.46. The summed E-state index contributed by atoms with van der Waals surface area (Å²) in [6.07, 6.45) is 1.24. The molecule has 0 unspecified atom stereocenters. The Bertz CT molecular complexity index is 558. The number of methoxy groups -OCH3 is 1. The lowest BCUT2D eigenvalue weighted by atomic mass is 10.2. The Morgan fingerprint density at radius 2 is 1.95 bits per heavy atom. The summed E-state index contributed by atoms with van der Waals surface area (Å²) >= 11 is 0. The highest BCUT2D eigenvalue weighted by atomic mass is 32.2. The highest BCUT2D eigenvalue weighted by Gasteiger charge is 2.29. The Balaban J connectivity index is 3.25. The topological polar surface area (TPSA) is 66.8 Å². The maximum absolute atomic E-state index is 13.7. The molecule has 120 valence electrons. The minimum atomic E-state index is -3.86. The molecule has 0 bridgehead atoms. The van der Waals surface area contributed by atoms with E-state index in [0.29, 0.717) is 12.8 Å². The minimum absolute atomic E-state index is 0.00908. The third-order valence-corrected chi connectivity index (χ3v) is 5.35. The second kappa shape index (κ2) is 7.72. The normalized spacial score (nSPS) is 12.1. The summed E-state index contributed by atoms with van der Waals surface area (Å²) in [5.41, 5.74) is 0. The molecule has 0 heterocycles. The quantitative estimate of drug-likeness (QED) is 0.796. The molecule has 0 saturated heterocycles. The van der Waals surface area contributed by atoms with Crippen LogP contribution in [0.1, 0.15) is 26.7 Å². The van der Waals surface area contributed by atoms with Gasteiger partial charge in [-0.1, -0.05) is 13.8 Å². The average molecular weight is 319 g/mol. The molecule has 1 aromatic carbocycles. The number of nitrogens with zero attached hydrogens (tertiary/aromatic N) is 1. The summed E-state index contributed by atoms with van der Waals surface area (Å²) in [6, 6.07) is 3.31. The van der Waals surface area contributed by atoms with Gasteiger partial charge in [0.15, 0.2) is 11.6 Å². The van der Waals surface area contributed by atoms with Crippen molar-refractivity contribution in [1.82, 2.24) is 4.31 Å². The molecule has 0 aliphatic carbocycles. The smallest absolute Gasteiger partial charge is 0.243 e. The van der Waals surface area contributed by atoms with Crippen molar-refractivity contribution in [2.24, 2.45) is 0 Å². The first-order valence-electron chi connectivity index (χ1n) is 6.88. The third kappa shape index (κ3) is 3.93. The van der Waals surface area contributed by atoms with Crippen molar-refractivity contribution in [3.05, 3.63) is 24.0 Å². The Morgan fingerprint density at radius 3 is 2.38 bits per heavy atom. The monoisotopic (exact) mass is 319 g/mol. The van der Waals surface area contributed by atoms with Gasteiger partial charge in [-0.3, -0.25) is 0 Å². The van der Waals surface area contributed by atoms with Gasteiger partial charge in [0.1, 0.15) is 0 Å². The molecule has 0 spiro atoms. The Hall–Kier alpha value is -1.18. The van der Waals surface area contributed by atoms with Gasteiger partial charge in [-0.15, -0.1) is 0 Å². The molecule has 1 N–H and O–H groups in total. The predicted molar refractivity (Wildman–Crippen MR) is 78.3 cm³/mol. The molecular weight excluding hydrogens is 297 g/mol. The first kappa shape index (κ1) is 17.9. The molecule has 0 atom stereocenters. The highest BCUT2D eigenvalue weighted by Crippen LogP contribution is 2.25. The molecule has 7 heteroatoms. The van der Waals surface area contributed by atoms with Crippen LogP contribution < -0.4 is 4.74 Å². The van der Waals surface area contributed by atoms with E-state index in [-0.39, 0.29) is 29.8 Å². The van der Waals surface area contributed by atoms with Gasteiger partial charge in [-0.2, -0.15) is 4.31 Å². The van der Waals surface area contributed by atoms with Crippen LogP contribution in [0.3, 0.4) is 0 Å². The zero-order valence-electron chi connectivity index (χ0n) is 12.5. The van der Waals surface area contributed by atoms with Crippen molar-refractivity contribution in [2.45, 2.75) is 37.6 Å². The van der Waals surface area contributed by atoms with E-state index in [0.717, 1.165) is 6.07 Å². The van der Waals surface area contributed by atoms with Gasteiger partial charge in [-0.05, 0) is 31.0 Å². The number of rotatable bonds is 8. The van der Waals surface area contributed by atoms with Crippen molar-refractivity contribution in [3.63, 3.8) is 0 Å². The predicted octanol–water partition coefficient (Wildman–Crippen LogP) is 2.01. The van der Waals surface area contributed by atoms with Gasteiger partial charge >= 0.3 is 0 Å². The van der Waals surface area contributed by atoms with Gasteiger partial charge in [0.05, 0.1) is 18.6 Å². The molecular formula is C14H22FNO4S. The fraction of sp³-hybridized carbons (Fsp3) is 0.571. The van der Waals surface area contributed by atoms with Crippen molar-refractivity contribution < 1.29 is 22.7 Å². The molecule has 0 aliphatic heterocycles. The molecule has 21 heavy (non-hydrogen) atoms. The van der Waals surface area contributed by atoms with Crippen molar-refractivity contribution >= 4 is 10.0 Å². The Kier molecular flexibility index (Phi) is 6.57. The zero-order valence-corrected chi connectivity index (χ0v) is 13.4. The minimum Gasteiger partial charge on any atom is -0.494 e. The summed E-state index contributed by atoms with van der Waals surface area (Å²) in [7, 11) is -2.54. The molecule has 0 saturated carbocycles. The van der Waals surface area contributed by atoms with Crippen LogP contribution in [0.5, 0.6) is 5.75 Å². The number of halogens is 1. The number of ether oxygens (including phenoxy) is 1. The standard InChI is InChI=1S/C14H22FNO4S/c1-4-11(5-2)16(8-9-17)21(18,19)12-6-7-14(20-3)13(15)10-12/h6-7,10-11,17H,4-5,8-9H2,1-3H3. The lowest BCUT2D eigenvalue weighted by Crippen LogP contribution is -2.41. The van der Waals surface area contributed by atoms with Gasteiger partial charge in [0.2, 0.25) is 10.0 Å². The molecule has 1 aromatic rings. The first-order valence-corrected chi connectivity index (χ1v) is 8.32. The fourth-order valence-electron chi connectivity index (χ4n) is 2.24. The van der Waals surface area contributed by atoms with Crippen LogP contribution in [-0.2, 0) is 10.0 Å². The lowest BCUT2D eigenvalue weighted by Gasteiger charge is -2.29. The van der Waals surface area contributed by atoms with Crippen molar-refractivity contribution in [3.8, 4) is 5.75 Å². The van der Waals surface area contributed by atoms with E-state index in [1.54, 1.807) is 0 Å². The average Bonchev–Trinajstić information content (AvgIpc) is 2.47. The zero-order chi connectivity index (χ0) is 16.0. The van der Waals surface area contributed by atoms with Crippen LogP contribution in [0.15, 0.2) is 23.1 Å². The van der Waals surface area contributed by atoms with Crippen LogP contribution in [0, 0.1) is 5.82 Å². The van der Waals surface area contributed by atoms with E-state index in [1.807, 2.05) is 13.8 Å². The van der Waals surface area contributed by atoms with Crippen LogP contribution in [-0.4, -0.2) is 44.1 Å². The molecule has 0 aromatic heterocycles. The van der Waals surface area contributed by atoms with Crippen LogP contribution in [0.2, 0.25) is 0 Å². The van der Waals surface area contributed by atoms with Gasteiger partial charge in [0.25, 0.3) is 0 Å². The van der Waals surface area contributed by atoms with Crippen molar-refractivity contribution in [1.29, 1.82) is 0 Å². The second-order valence-corrected chi connectivity index (χ2v) is 6.50. The number of aliphatic hydroxyl groups is 1. The molecule has 0 fully saturated rings. The maximum atomic E-state index is 13.7. The summed E-state index contributed by atoms with van der Waals surface area (Å²) in [5.74, 6) is -0.739. The SMILES string of the molecule is CCC(CC)N(CCO)S(=O)(=O)c1ccc(OC)c(F)c1. The number of benzene rings is 1. The highest BCUT2D eigenvalue weighted by molar-refractivity contribution is 7.89. The van der Waals surface area contributed by atoms with Crippen LogP contribution >= 0.6 is 0 Å². The van der Waals surface area contributed by atoms with Crippen LogP contribution in [0.25, 0.3) is 0 Å². The molecule has 0 radical (unpaired) electrons. The van der Waals surface area contributed by atoms with E-state index in [1.165, 1.54) is 23.5 Å². The number of sulfonamides is 1. The number of hydrogen-bond donors (Lipinski definition) is 1. The van der Waals surface area contributed by atoms with E-state index in [9.17, 15) is 12.8 Å². The van der Waals surface area contributed by atoms with E-state index >= 15 is 0 Å². The summed E-state index contributed by atoms with van der Waals surface area (Å²) in [5, 5.41) is 9.12. The van der Waals surface area contributed by atoms with Gasteiger partial charge in [0, 0.05) is 12.6 Å². The van der Waals surface area contributed by atoms with Crippen molar-refractivity contribution in [2.75, 3.05) is 20.3 Å². The second-order valence-electron chi connectivity index (χ2n) is 4.61. The fourth-order valence-corrected chi connectivity index (χ4v) is 4.01. The van der Waals surface area contributed by atoms with E-state index < -0.39 is 15.8 Å². The number of hydrogen-bond acceptors (Lipinski definition) is 4. The first-order chi connectivity index (χ1) is 9.92. The van der Waals surface area contributed by atoms with Crippen LogP contribution in [0.4, 0.5) is 4.39 Å². The molecule has 1 rings (SSSR count). The van der Waals surface area contributed by atoms with E-state index in [2.05, 4.69) is 0 Å². The Morgan fingerprint density at radius 1 is 1.33 bits per heavy atom. The van der Waals surface area contributed by atoms with Gasteiger partial charge < -0.3 is 9.84 Å². The summed E-state index contributed by atoms with van der Waals surface area (Å²) < 4.78 is 45.0.